The number of hydrogen-bond donors (Lipinski definition) is 1. The van der Waals surface area contributed by atoms with Gasteiger partial charge in [-0.3, -0.25) is 4.79 Å². The van der Waals surface area contributed by atoms with E-state index in [0.29, 0.717) is 13.0 Å². The minimum absolute atomic E-state index is 0.0804. The summed E-state index contributed by atoms with van der Waals surface area (Å²) < 4.78 is 10.6. The fourth-order valence-corrected chi connectivity index (χ4v) is 1.92. The third-order valence-electron chi connectivity index (χ3n) is 3.09. The van der Waals surface area contributed by atoms with E-state index in [-0.39, 0.29) is 12.0 Å². The van der Waals surface area contributed by atoms with Crippen LogP contribution in [0.5, 0.6) is 5.75 Å². The molecule has 1 aromatic carbocycles. The van der Waals surface area contributed by atoms with Gasteiger partial charge in [0.15, 0.2) is 0 Å². The first kappa shape index (κ1) is 16.5. The van der Waals surface area contributed by atoms with Crippen LogP contribution in [0.15, 0.2) is 24.3 Å². The number of hydrogen-bond acceptors (Lipinski definition) is 3. The van der Waals surface area contributed by atoms with Crippen LogP contribution in [-0.2, 0) is 9.53 Å². The van der Waals surface area contributed by atoms with Gasteiger partial charge < -0.3 is 15.2 Å². The summed E-state index contributed by atoms with van der Waals surface area (Å²) in [7, 11) is 0. The maximum absolute atomic E-state index is 11.4. The molecule has 1 rings (SSSR count). The van der Waals surface area contributed by atoms with Gasteiger partial charge in [0.05, 0.1) is 13.2 Å². The van der Waals surface area contributed by atoms with Crippen molar-refractivity contribution in [3.63, 3.8) is 0 Å². The average molecular weight is 280 g/mol. The lowest BCUT2D eigenvalue weighted by atomic mass is 10.0. The first-order valence-corrected chi connectivity index (χ1v) is 7.38. The molecule has 112 valence electrons. The highest BCUT2D eigenvalue weighted by Gasteiger charge is 2.15. The van der Waals surface area contributed by atoms with Crippen molar-refractivity contribution in [1.82, 2.24) is 0 Å². The molecule has 0 amide bonds. The molecule has 1 aromatic rings. The second-order valence-corrected chi connectivity index (χ2v) is 4.83. The van der Waals surface area contributed by atoms with Crippen LogP contribution >= 0.6 is 0 Å². The molecule has 0 aliphatic carbocycles. The highest BCUT2D eigenvalue weighted by atomic mass is 16.5. The van der Waals surface area contributed by atoms with Crippen LogP contribution in [0.1, 0.15) is 51.1 Å². The van der Waals surface area contributed by atoms with E-state index in [1.807, 2.05) is 24.3 Å². The number of carbonyl (C=O) groups is 1. The van der Waals surface area contributed by atoms with Crippen molar-refractivity contribution >= 4 is 5.97 Å². The molecule has 0 aliphatic heterocycles. The quantitative estimate of drug-likeness (QED) is 0.558. The van der Waals surface area contributed by atoms with E-state index in [4.69, 9.17) is 9.47 Å². The van der Waals surface area contributed by atoms with Gasteiger partial charge in [-0.05, 0) is 37.6 Å². The Kier molecular flexibility index (Phi) is 7.73. The summed E-state index contributed by atoms with van der Waals surface area (Å²) in [5.74, 6) is 0.667. The van der Waals surface area contributed by atoms with Crippen molar-refractivity contribution in [2.45, 2.75) is 45.6 Å². The zero-order valence-electron chi connectivity index (χ0n) is 12.6. The van der Waals surface area contributed by atoms with E-state index >= 15 is 0 Å². The fourth-order valence-electron chi connectivity index (χ4n) is 1.92. The first-order chi connectivity index (χ1) is 9.67. The van der Waals surface area contributed by atoms with Crippen LogP contribution in [0.2, 0.25) is 0 Å². The van der Waals surface area contributed by atoms with Crippen LogP contribution in [0.3, 0.4) is 0 Å². The number of unbranched alkanes of at least 4 members (excludes halogenated alkanes) is 2. The SMILES string of the molecule is CCCCCOc1ccc([C@@H]([NH3+])CC(=O)OCC)cc1. The molecule has 0 aliphatic rings. The third kappa shape index (κ3) is 6.06. The minimum Gasteiger partial charge on any atom is -0.494 e. The average Bonchev–Trinajstić information content (AvgIpc) is 2.44. The summed E-state index contributed by atoms with van der Waals surface area (Å²) in [5, 5.41) is 0. The molecule has 0 radical (unpaired) electrons. The summed E-state index contributed by atoms with van der Waals surface area (Å²) in [6, 6.07) is 7.72. The second kappa shape index (κ2) is 9.37. The van der Waals surface area contributed by atoms with Crippen molar-refractivity contribution in [1.29, 1.82) is 0 Å². The van der Waals surface area contributed by atoms with Gasteiger partial charge in [-0.2, -0.15) is 0 Å². The van der Waals surface area contributed by atoms with E-state index in [9.17, 15) is 4.79 Å². The summed E-state index contributed by atoms with van der Waals surface area (Å²) >= 11 is 0. The van der Waals surface area contributed by atoms with Crippen molar-refractivity contribution in [2.75, 3.05) is 13.2 Å². The molecule has 0 aromatic heterocycles. The van der Waals surface area contributed by atoms with Crippen molar-refractivity contribution in [3.05, 3.63) is 29.8 Å². The topological polar surface area (TPSA) is 63.2 Å². The van der Waals surface area contributed by atoms with E-state index in [2.05, 4.69) is 12.7 Å². The fraction of sp³-hybridized carbons (Fsp3) is 0.562. The standard InChI is InChI=1S/C16H25NO3/c1-3-5-6-11-20-14-9-7-13(8-10-14)15(17)12-16(18)19-4-2/h7-10,15H,3-6,11-12,17H2,1-2H3/p+1/t15-/m0/s1. The Bertz CT molecular complexity index is 389. The lowest BCUT2D eigenvalue weighted by Crippen LogP contribution is -2.54. The molecular formula is C16H26NO3+. The summed E-state index contributed by atoms with van der Waals surface area (Å²) in [6.45, 7) is 5.15. The predicted molar refractivity (Wildman–Crippen MR) is 78.3 cm³/mol. The van der Waals surface area contributed by atoms with Gasteiger partial charge in [0.25, 0.3) is 0 Å². The molecule has 1 atom stereocenters. The van der Waals surface area contributed by atoms with Crippen LogP contribution < -0.4 is 10.5 Å². The molecule has 20 heavy (non-hydrogen) atoms. The molecule has 0 heterocycles. The Hall–Kier alpha value is -1.55. The zero-order chi connectivity index (χ0) is 14.8. The van der Waals surface area contributed by atoms with E-state index in [0.717, 1.165) is 24.3 Å². The molecule has 0 saturated heterocycles. The number of esters is 1. The Morgan fingerprint density at radius 3 is 2.50 bits per heavy atom. The van der Waals surface area contributed by atoms with Crippen LogP contribution in [0.25, 0.3) is 0 Å². The molecule has 0 bridgehead atoms. The largest absolute Gasteiger partial charge is 0.494 e. The second-order valence-electron chi connectivity index (χ2n) is 4.83. The summed E-state index contributed by atoms with van der Waals surface area (Å²) in [6.07, 6.45) is 3.78. The van der Waals surface area contributed by atoms with Crippen LogP contribution in [0.4, 0.5) is 0 Å². The highest BCUT2D eigenvalue weighted by Crippen LogP contribution is 2.18. The van der Waals surface area contributed by atoms with Gasteiger partial charge in [0, 0.05) is 5.56 Å². The monoisotopic (exact) mass is 280 g/mol. The van der Waals surface area contributed by atoms with Gasteiger partial charge in [0.1, 0.15) is 18.2 Å². The molecule has 0 spiro atoms. The van der Waals surface area contributed by atoms with Gasteiger partial charge >= 0.3 is 5.97 Å². The van der Waals surface area contributed by atoms with Gasteiger partial charge in [-0.15, -0.1) is 0 Å². The molecule has 4 nitrogen and oxygen atoms in total. The highest BCUT2D eigenvalue weighted by molar-refractivity contribution is 5.70. The first-order valence-electron chi connectivity index (χ1n) is 7.38. The van der Waals surface area contributed by atoms with Crippen LogP contribution in [0, 0.1) is 0 Å². The Morgan fingerprint density at radius 2 is 1.90 bits per heavy atom. The van der Waals surface area contributed by atoms with E-state index in [1.165, 1.54) is 12.8 Å². The van der Waals surface area contributed by atoms with Gasteiger partial charge in [-0.25, -0.2) is 0 Å². The maximum Gasteiger partial charge on any atom is 0.312 e. The smallest absolute Gasteiger partial charge is 0.312 e. The van der Waals surface area contributed by atoms with Crippen molar-refractivity contribution in [3.8, 4) is 5.75 Å². The van der Waals surface area contributed by atoms with E-state index < -0.39 is 0 Å². The zero-order valence-corrected chi connectivity index (χ0v) is 12.6. The predicted octanol–water partition coefficient (Wildman–Crippen LogP) is 2.49. The van der Waals surface area contributed by atoms with E-state index in [1.54, 1.807) is 6.92 Å². The van der Waals surface area contributed by atoms with Gasteiger partial charge in [-0.1, -0.05) is 19.8 Å². The number of rotatable bonds is 9. The lowest BCUT2D eigenvalue weighted by Gasteiger charge is -2.10. The molecule has 0 fully saturated rings. The molecule has 0 saturated carbocycles. The Morgan fingerprint density at radius 1 is 1.20 bits per heavy atom. The Labute approximate surface area is 121 Å². The maximum atomic E-state index is 11.4. The molecular weight excluding hydrogens is 254 g/mol. The third-order valence-corrected chi connectivity index (χ3v) is 3.09. The van der Waals surface area contributed by atoms with Crippen LogP contribution in [-0.4, -0.2) is 19.2 Å². The number of ether oxygens (including phenoxy) is 2. The number of carbonyl (C=O) groups excluding carboxylic acids is 1. The lowest BCUT2D eigenvalue weighted by molar-refractivity contribution is -0.425. The number of benzene rings is 1. The molecule has 3 N–H and O–H groups in total. The molecule has 0 unspecified atom stereocenters. The van der Waals surface area contributed by atoms with Gasteiger partial charge in [0.2, 0.25) is 0 Å². The Balaban J connectivity index is 2.42. The summed E-state index contributed by atoms with van der Waals surface area (Å²) in [5.41, 5.74) is 5.03. The normalized spacial score (nSPS) is 11.9. The minimum atomic E-state index is -0.201. The summed E-state index contributed by atoms with van der Waals surface area (Å²) in [4.78, 5) is 11.4. The number of quaternary nitrogens is 1. The molecule has 4 heteroatoms. The van der Waals surface area contributed by atoms with Crippen molar-refractivity contribution < 1.29 is 20.0 Å². The van der Waals surface area contributed by atoms with Crippen molar-refractivity contribution in [2.24, 2.45) is 0 Å².